The molecule has 1 unspecified atom stereocenters. The second-order valence-electron chi connectivity index (χ2n) is 5.53. The molecule has 2 fully saturated rings. The van der Waals surface area contributed by atoms with Gasteiger partial charge in [-0.1, -0.05) is 0 Å². The van der Waals surface area contributed by atoms with Gasteiger partial charge in [-0.25, -0.2) is 0 Å². The van der Waals surface area contributed by atoms with Crippen LogP contribution in [-0.2, 0) is 14.2 Å². The molecule has 8 N–H and O–H groups in total. The van der Waals surface area contributed by atoms with Gasteiger partial charge in [-0.3, -0.25) is 0 Å². The van der Waals surface area contributed by atoms with Crippen LogP contribution in [-0.4, -0.2) is 115 Å². The van der Waals surface area contributed by atoms with E-state index in [1.54, 1.807) is 0 Å². The van der Waals surface area contributed by atoms with E-state index in [9.17, 15) is 30.6 Å². The van der Waals surface area contributed by atoms with E-state index in [1.165, 1.54) is 0 Å². The smallest absolute Gasteiger partial charge is 0.187 e. The Morgan fingerprint density at radius 2 is 1.17 bits per heavy atom. The number of ether oxygens (including phenoxy) is 3. The van der Waals surface area contributed by atoms with Crippen molar-refractivity contribution in [2.24, 2.45) is 0 Å². The maximum Gasteiger partial charge on any atom is 0.187 e. The van der Waals surface area contributed by atoms with Crippen molar-refractivity contribution in [3.8, 4) is 0 Å². The second kappa shape index (κ2) is 7.63. The molecule has 0 amide bonds. The third-order valence-corrected chi connectivity index (χ3v) is 3.98. The summed E-state index contributed by atoms with van der Waals surface area (Å²) in [5, 5.41) is 76.7. The van der Waals surface area contributed by atoms with Gasteiger partial charge in [0.15, 0.2) is 12.6 Å². The van der Waals surface area contributed by atoms with E-state index in [-0.39, 0.29) is 0 Å². The van der Waals surface area contributed by atoms with E-state index in [0.29, 0.717) is 0 Å². The molecule has 2 rings (SSSR count). The van der Waals surface area contributed by atoms with E-state index in [0.717, 1.165) is 0 Å². The van der Waals surface area contributed by atoms with E-state index >= 15 is 0 Å². The van der Waals surface area contributed by atoms with Crippen molar-refractivity contribution < 1.29 is 55.1 Å². The molecule has 0 aliphatic carbocycles. The summed E-state index contributed by atoms with van der Waals surface area (Å²) in [6, 6.07) is 0. The van der Waals surface area contributed by atoms with Gasteiger partial charge in [-0.2, -0.15) is 0 Å². The highest BCUT2D eigenvalue weighted by atomic mass is 16.7. The van der Waals surface area contributed by atoms with Gasteiger partial charge in [0.2, 0.25) is 0 Å². The molecule has 0 saturated carbocycles. The minimum Gasteiger partial charge on any atom is -0.394 e. The van der Waals surface area contributed by atoms with Crippen LogP contribution in [0.2, 0.25) is 0 Å². The summed E-state index contributed by atoms with van der Waals surface area (Å²) < 4.78 is 15.1. The lowest BCUT2D eigenvalue weighted by atomic mass is 9.97. The first-order chi connectivity index (χ1) is 10.8. The summed E-state index contributed by atoms with van der Waals surface area (Å²) in [5.74, 6) is 0. The largest absolute Gasteiger partial charge is 0.394 e. The minimum absolute atomic E-state index is 0.651. The molecule has 0 aromatic carbocycles. The Morgan fingerprint density at radius 3 is 1.74 bits per heavy atom. The molecule has 0 aromatic rings. The molecular formula is C12H22O11. The van der Waals surface area contributed by atoms with Crippen molar-refractivity contribution in [2.75, 3.05) is 13.2 Å². The van der Waals surface area contributed by atoms with Crippen molar-refractivity contribution in [1.29, 1.82) is 0 Å². The van der Waals surface area contributed by atoms with Crippen LogP contribution >= 0.6 is 0 Å². The third kappa shape index (κ3) is 3.65. The lowest BCUT2D eigenvalue weighted by Crippen LogP contribution is -2.64. The van der Waals surface area contributed by atoms with Crippen molar-refractivity contribution in [2.45, 2.75) is 61.4 Å². The molecule has 10 atom stereocenters. The fourth-order valence-electron chi connectivity index (χ4n) is 2.55. The average Bonchev–Trinajstić information content (AvgIpc) is 2.54. The number of aliphatic hydroxyl groups is 8. The number of rotatable bonds is 4. The van der Waals surface area contributed by atoms with Crippen LogP contribution in [0.15, 0.2) is 0 Å². The lowest BCUT2D eigenvalue weighted by Gasteiger charge is -2.44. The maximum absolute atomic E-state index is 9.94. The highest BCUT2D eigenvalue weighted by Crippen LogP contribution is 2.28. The molecule has 11 heteroatoms. The highest BCUT2D eigenvalue weighted by Gasteiger charge is 2.50. The Labute approximate surface area is 130 Å². The van der Waals surface area contributed by atoms with Crippen molar-refractivity contribution in [3.05, 3.63) is 0 Å². The fourth-order valence-corrected chi connectivity index (χ4v) is 2.55. The SMILES string of the molecule is OC[C@@H]1O[C@H](O)C(O[C@H]2O[C@H](CO)[C@@H](O)[C@H](O)[C@@H]2O)[C@H](O)[C@H]1O. The molecule has 0 spiro atoms. The van der Waals surface area contributed by atoms with E-state index < -0.39 is 74.6 Å². The Bertz CT molecular complexity index is 380. The first-order valence-electron chi connectivity index (χ1n) is 7.08. The average molecular weight is 342 g/mol. The second-order valence-corrected chi connectivity index (χ2v) is 5.53. The van der Waals surface area contributed by atoms with Crippen LogP contribution in [0.1, 0.15) is 0 Å². The molecule has 2 aliphatic rings. The Morgan fingerprint density at radius 1 is 0.652 bits per heavy atom. The molecule has 0 radical (unpaired) electrons. The van der Waals surface area contributed by atoms with Gasteiger partial charge in [0.05, 0.1) is 13.2 Å². The van der Waals surface area contributed by atoms with Gasteiger partial charge >= 0.3 is 0 Å². The molecule has 2 aliphatic heterocycles. The number of hydrogen-bond donors (Lipinski definition) is 8. The Balaban J connectivity index is 2.08. The Hall–Kier alpha value is -0.440. The van der Waals surface area contributed by atoms with Crippen LogP contribution in [0, 0.1) is 0 Å². The van der Waals surface area contributed by atoms with Crippen LogP contribution in [0.25, 0.3) is 0 Å². The maximum atomic E-state index is 9.94. The van der Waals surface area contributed by atoms with Crippen molar-refractivity contribution in [1.82, 2.24) is 0 Å². The van der Waals surface area contributed by atoms with Crippen LogP contribution in [0.3, 0.4) is 0 Å². The third-order valence-electron chi connectivity index (χ3n) is 3.98. The fraction of sp³-hybridized carbons (Fsp3) is 1.00. The lowest BCUT2D eigenvalue weighted by molar-refractivity contribution is -0.361. The number of hydrogen-bond acceptors (Lipinski definition) is 11. The predicted octanol–water partition coefficient (Wildman–Crippen LogP) is -5.40. The normalized spacial score (nSPS) is 51.7. The molecule has 11 nitrogen and oxygen atoms in total. The van der Waals surface area contributed by atoms with Crippen molar-refractivity contribution >= 4 is 0 Å². The van der Waals surface area contributed by atoms with Gasteiger partial charge in [0, 0.05) is 0 Å². The summed E-state index contributed by atoms with van der Waals surface area (Å²) in [7, 11) is 0. The van der Waals surface area contributed by atoms with E-state index in [1.807, 2.05) is 0 Å². The highest BCUT2D eigenvalue weighted by molar-refractivity contribution is 4.93. The summed E-state index contributed by atoms with van der Waals surface area (Å²) in [5.41, 5.74) is 0. The van der Waals surface area contributed by atoms with Crippen LogP contribution in [0.5, 0.6) is 0 Å². The van der Waals surface area contributed by atoms with Gasteiger partial charge in [0.1, 0.15) is 48.8 Å². The molecule has 0 aromatic heterocycles. The topological polar surface area (TPSA) is 190 Å². The summed E-state index contributed by atoms with van der Waals surface area (Å²) >= 11 is 0. The molecule has 2 saturated heterocycles. The van der Waals surface area contributed by atoms with Crippen molar-refractivity contribution in [3.63, 3.8) is 0 Å². The molecule has 23 heavy (non-hydrogen) atoms. The predicted molar refractivity (Wildman–Crippen MR) is 68.6 cm³/mol. The Kier molecular flexibility index (Phi) is 6.27. The van der Waals surface area contributed by atoms with Gasteiger partial charge < -0.3 is 55.1 Å². The van der Waals surface area contributed by atoms with Crippen LogP contribution in [0.4, 0.5) is 0 Å². The molecule has 136 valence electrons. The quantitative estimate of drug-likeness (QED) is 0.243. The van der Waals surface area contributed by atoms with Crippen LogP contribution < -0.4 is 0 Å². The summed E-state index contributed by atoms with van der Waals surface area (Å²) in [6.07, 6.45) is -15.6. The monoisotopic (exact) mass is 342 g/mol. The number of aliphatic hydroxyl groups excluding tert-OH is 8. The molecule has 0 bridgehead atoms. The zero-order chi connectivity index (χ0) is 17.3. The van der Waals surface area contributed by atoms with Gasteiger partial charge in [-0.05, 0) is 0 Å². The standard InChI is InChI=1S/C12H22O11/c13-1-3-6(16)8(18)10(11(20)21-3)23-12-9(19)7(17)5(15)4(2-14)22-12/h3-20H,1-2H2/t3-,4+,5+,6-,7-,8+,9-,10?,11-,12+/m0/s1. The molecule has 2 heterocycles. The summed E-state index contributed by atoms with van der Waals surface area (Å²) in [4.78, 5) is 0. The first kappa shape index (κ1) is 18.9. The van der Waals surface area contributed by atoms with Gasteiger partial charge in [0.25, 0.3) is 0 Å². The minimum atomic E-state index is -1.75. The molecular weight excluding hydrogens is 320 g/mol. The van der Waals surface area contributed by atoms with Gasteiger partial charge in [-0.15, -0.1) is 0 Å². The van der Waals surface area contributed by atoms with E-state index in [4.69, 9.17) is 24.4 Å². The van der Waals surface area contributed by atoms with E-state index in [2.05, 4.69) is 0 Å². The summed E-state index contributed by atoms with van der Waals surface area (Å²) in [6.45, 7) is -1.33. The first-order valence-corrected chi connectivity index (χ1v) is 7.08. The zero-order valence-corrected chi connectivity index (χ0v) is 12.0. The zero-order valence-electron chi connectivity index (χ0n) is 12.0.